The molecule has 1 heterocycles. The first-order valence-corrected chi connectivity index (χ1v) is 7.64. The summed E-state index contributed by atoms with van der Waals surface area (Å²) in [4.78, 5) is 0. The second-order valence-corrected chi connectivity index (χ2v) is 5.04. The van der Waals surface area contributed by atoms with E-state index in [1.54, 1.807) is 6.26 Å². The van der Waals surface area contributed by atoms with Crippen LogP contribution in [0, 0.1) is 0 Å². The van der Waals surface area contributed by atoms with Crippen molar-refractivity contribution in [1.82, 2.24) is 0 Å². The number of aliphatic hydroxyl groups is 1. The van der Waals surface area contributed by atoms with E-state index in [1.807, 2.05) is 12.1 Å². The van der Waals surface area contributed by atoms with E-state index in [0.29, 0.717) is 13.2 Å². The summed E-state index contributed by atoms with van der Waals surface area (Å²) in [5.74, 6) is 0.905. The first-order chi connectivity index (χ1) is 9.43. The molecule has 0 radical (unpaired) electrons. The quantitative estimate of drug-likeness (QED) is 0.542. The van der Waals surface area contributed by atoms with Gasteiger partial charge in [-0.2, -0.15) is 0 Å². The van der Waals surface area contributed by atoms with Gasteiger partial charge in [0.25, 0.3) is 0 Å². The molecule has 0 amide bonds. The van der Waals surface area contributed by atoms with Gasteiger partial charge in [-0.3, -0.25) is 0 Å². The van der Waals surface area contributed by atoms with E-state index in [2.05, 4.69) is 0 Å². The molecular weight excluding hydrogens is 240 g/mol. The van der Waals surface area contributed by atoms with Crippen molar-refractivity contribution in [2.24, 2.45) is 0 Å². The molecule has 0 atom stereocenters. The second-order valence-electron chi connectivity index (χ2n) is 5.04. The molecule has 3 heteroatoms. The summed E-state index contributed by atoms with van der Waals surface area (Å²) in [7, 11) is 0. The number of hydrogen-bond donors (Lipinski definition) is 1. The minimum absolute atomic E-state index is 0.345. The average molecular weight is 268 g/mol. The van der Waals surface area contributed by atoms with E-state index in [0.717, 1.165) is 25.2 Å². The highest BCUT2D eigenvalue weighted by molar-refractivity contribution is 4.95. The molecule has 1 aromatic rings. The molecule has 110 valence electrons. The summed E-state index contributed by atoms with van der Waals surface area (Å²) in [5, 5.41) is 8.65. The maximum absolute atomic E-state index is 8.65. The summed E-state index contributed by atoms with van der Waals surface area (Å²) in [6, 6.07) is 3.83. The van der Waals surface area contributed by atoms with Gasteiger partial charge in [-0.05, 0) is 25.0 Å². The third-order valence-corrected chi connectivity index (χ3v) is 3.27. The lowest BCUT2D eigenvalue weighted by atomic mass is 10.1. The highest BCUT2D eigenvalue weighted by Crippen LogP contribution is 2.10. The van der Waals surface area contributed by atoms with Crippen molar-refractivity contribution in [3.63, 3.8) is 0 Å². The topological polar surface area (TPSA) is 42.6 Å². The molecule has 0 unspecified atom stereocenters. The average Bonchev–Trinajstić information content (AvgIpc) is 2.93. The van der Waals surface area contributed by atoms with Gasteiger partial charge in [-0.15, -0.1) is 0 Å². The molecule has 1 rings (SSSR count). The van der Waals surface area contributed by atoms with Crippen LogP contribution >= 0.6 is 0 Å². The minimum atomic E-state index is 0.345. The summed E-state index contributed by atoms with van der Waals surface area (Å²) >= 11 is 0. The summed E-state index contributed by atoms with van der Waals surface area (Å²) in [6.45, 7) is 1.77. The van der Waals surface area contributed by atoms with E-state index in [9.17, 15) is 0 Å². The van der Waals surface area contributed by atoms with Crippen molar-refractivity contribution < 1.29 is 14.3 Å². The fourth-order valence-corrected chi connectivity index (χ4v) is 2.12. The molecule has 3 nitrogen and oxygen atoms in total. The number of hydrogen-bond acceptors (Lipinski definition) is 3. The predicted octanol–water partition coefficient (Wildman–Crippen LogP) is 4.30. The number of furan rings is 1. The summed E-state index contributed by atoms with van der Waals surface area (Å²) in [6.07, 6.45) is 12.8. The zero-order valence-corrected chi connectivity index (χ0v) is 12.0. The summed E-state index contributed by atoms with van der Waals surface area (Å²) in [5.41, 5.74) is 0. The molecule has 0 fully saturated rings. The Morgan fingerprint density at radius 1 is 0.895 bits per heavy atom. The fraction of sp³-hybridized carbons (Fsp3) is 0.750. The number of rotatable bonds is 13. The van der Waals surface area contributed by atoms with Gasteiger partial charge in [0.15, 0.2) is 0 Å². The Labute approximate surface area is 117 Å². The lowest BCUT2D eigenvalue weighted by Crippen LogP contribution is -1.94. The molecule has 1 N–H and O–H groups in total. The molecule has 19 heavy (non-hydrogen) atoms. The first-order valence-electron chi connectivity index (χ1n) is 7.64. The fourth-order valence-electron chi connectivity index (χ4n) is 2.12. The first kappa shape index (κ1) is 16.3. The van der Waals surface area contributed by atoms with Gasteiger partial charge in [0.1, 0.15) is 12.4 Å². The van der Waals surface area contributed by atoms with Crippen LogP contribution < -0.4 is 0 Å². The number of unbranched alkanes of at least 4 members (excludes halogenated alkanes) is 8. The van der Waals surface area contributed by atoms with Gasteiger partial charge < -0.3 is 14.3 Å². The third-order valence-electron chi connectivity index (χ3n) is 3.27. The molecule has 0 saturated carbocycles. The van der Waals surface area contributed by atoms with Crippen molar-refractivity contribution >= 4 is 0 Å². The van der Waals surface area contributed by atoms with Crippen LogP contribution in [0.2, 0.25) is 0 Å². The highest BCUT2D eigenvalue weighted by Gasteiger charge is 1.96. The Kier molecular flexibility index (Phi) is 10.5. The second kappa shape index (κ2) is 12.2. The Morgan fingerprint density at radius 3 is 2.11 bits per heavy atom. The van der Waals surface area contributed by atoms with Gasteiger partial charge in [0, 0.05) is 13.2 Å². The van der Waals surface area contributed by atoms with Crippen LogP contribution in [0.25, 0.3) is 0 Å². The lowest BCUT2D eigenvalue weighted by Gasteiger charge is -2.03. The van der Waals surface area contributed by atoms with E-state index in [1.165, 1.54) is 44.9 Å². The lowest BCUT2D eigenvalue weighted by molar-refractivity contribution is 0.102. The van der Waals surface area contributed by atoms with Crippen LogP contribution in [0.1, 0.15) is 63.5 Å². The molecule has 1 aromatic heterocycles. The van der Waals surface area contributed by atoms with Gasteiger partial charge in [-0.1, -0.05) is 44.9 Å². The zero-order chi connectivity index (χ0) is 13.6. The molecule has 0 spiro atoms. The van der Waals surface area contributed by atoms with Gasteiger partial charge >= 0.3 is 0 Å². The predicted molar refractivity (Wildman–Crippen MR) is 77.0 cm³/mol. The SMILES string of the molecule is OCCCCCCCCCCCOCc1ccco1. The van der Waals surface area contributed by atoms with Crippen LogP contribution in [-0.4, -0.2) is 18.3 Å². The maximum atomic E-state index is 8.65. The third kappa shape index (κ3) is 9.74. The van der Waals surface area contributed by atoms with Crippen LogP contribution in [0.15, 0.2) is 22.8 Å². The minimum Gasteiger partial charge on any atom is -0.467 e. The normalized spacial score (nSPS) is 11.0. The van der Waals surface area contributed by atoms with E-state index < -0.39 is 0 Å². The van der Waals surface area contributed by atoms with Gasteiger partial charge in [-0.25, -0.2) is 0 Å². The van der Waals surface area contributed by atoms with E-state index >= 15 is 0 Å². The molecule has 0 aliphatic heterocycles. The van der Waals surface area contributed by atoms with Gasteiger partial charge in [0.2, 0.25) is 0 Å². The summed E-state index contributed by atoms with van der Waals surface area (Å²) < 4.78 is 10.7. The standard InChI is InChI=1S/C16H28O3/c17-12-8-6-4-2-1-3-5-7-9-13-18-15-16-11-10-14-19-16/h10-11,14,17H,1-9,12-13,15H2. The van der Waals surface area contributed by atoms with Crippen LogP contribution in [0.4, 0.5) is 0 Å². The Hall–Kier alpha value is -0.800. The van der Waals surface area contributed by atoms with Crippen LogP contribution in [0.5, 0.6) is 0 Å². The Morgan fingerprint density at radius 2 is 1.53 bits per heavy atom. The molecule has 0 bridgehead atoms. The smallest absolute Gasteiger partial charge is 0.129 e. The zero-order valence-electron chi connectivity index (χ0n) is 12.0. The maximum Gasteiger partial charge on any atom is 0.129 e. The monoisotopic (exact) mass is 268 g/mol. The van der Waals surface area contributed by atoms with Crippen molar-refractivity contribution in [3.8, 4) is 0 Å². The Bertz CT molecular complexity index is 270. The highest BCUT2D eigenvalue weighted by atomic mass is 16.5. The van der Waals surface area contributed by atoms with E-state index in [4.69, 9.17) is 14.3 Å². The van der Waals surface area contributed by atoms with Crippen LogP contribution in [-0.2, 0) is 11.3 Å². The van der Waals surface area contributed by atoms with Crippen molar-refractivity contribution in [2.75, 3.05) is 13.2 Å². The molecule has 0 aromatic carbocycles. The van der Waals surface area contributed by atoms with Crippen molar-refractivity contribution in [1.29, 1.82) is 0 Å². The van der Waals surface area contributed by atoms with Crippen LogP contribution in [0.3, 0.4) is 0 Å². The Balaban J connectivity index is 1.72. The molecular formula is C16H28O3. The molecule has 0 aliphatic rings. The van der Waals surface area contributed by atoms with Crippen molar-refractivity contribution in [3.05, 3.63) is 24.2 Å². The molecule has 0 aliphatic carbocycles. The van der Waals surface area contributed by atoms with E-state index in [-0.39, 0.29) is 0 Å². The van der Waals surface area contributed by atoms with Gasteiger partial charge in [0.05, 0.1) is 6.26 Å². The largest absolute Gasteiger partial charge is 0.467 e. The van der Waals surface area contributed by atoms with Crippen molar-refractivity contribution in [2.45, 2.75) is 64.4 Å². The number of aliphatic hydroxyl groups excluding tert-OH is 1. The molecule has 0 saturated heterocycles. The number of ether oxygens (including phenoxy) is 1.